The minimum Gasteiger partial charge on any atom is -0.379 e. The number of halogens is 1. The number of hydrogen-bond acceptors (Lipinski definition) is 6. The smallest absolute Gasteiger partial charge is 0.160 e. The summed E-state index contributed by atoms with van der Waals surface area (Å²) in [7, 11) is 0. The van der Waals surface area contributed by atoms with Gasteiger partial charge in [-0.3, -0.25) is 14.5 Å². The average Bonchev–Trinajstić information content (AvgIpc) is 3.28. The lowest BCUT2D eigenvalue weighted by Crippen LogP contribution is -2.37. The van der Waals surface area contributed by atoms with Crippen LogP contribution >= 0.6 is 22.9 Å². The predicted molar refractivity (Wildman–Crippen MR) is 116 cm³/mol. The quantitative estimate of drug-likeness (QED) is 0.639. The normalized spacial score (nSPS) is 16.8. The Bertz CT molecular complexity index is 1070. The van der Waals surface area contributed by atoms with Gasteiger partial charge in [0.05, 0.1) is 18.9 Å². The summed E-state index contributed by atoms with van der Waals surface area (Å²) in [5, 5.41) is 10.5. The maximum absolute atomic E-state index is 6.53. The monoisotopic (exact) mass is 427 g/mol. The van der Waals surface area contributed by atoms with Gasteiger partial charge in [0.25, 0.3) is 0 Å². The van der Waals surface area contributed by atoms with Crippen LogP contribution in [-0.2, 0) is 17.7 Å². The number of benzene rings is 1. The molecule has 1 aromatic carbocycles. The molecule has 0 bridgehead atoms. The molecule has 2 aromatic heterocycles. The third-order valence-corrected chi connectivity index (χ3v) is 6.91. The van der Waals surface area contributed by atoms with Gasteiger partial charge in [-0.1, -0.05) is 29.8 Å². The van der Waals surface area contributed by atoms with Crippen molar-refractivity contribution in [3.05, 3.63) is 63.0 Å². The van der Waals surface area contributed by atoms with Crippen molar-refractivity contribution in [1.29, 1.82) is 0 Å². The average molecular weight is 428 g/mol. The van der Waals surface area contributed by atoms with Gasteiger partial charge in [-0.15, -0.1) is 21.5 Å². The third-order valence-electron chi connectivity index (χ3n) is 5.40. The molecule has 6 nitrogen and oxygen atoms in total. The van der Waals surface area contributed by atoms with Crippen molar-refractivity contribution in [2.45, 2.75) is 19.9 Å². The summed E-state index contributed by atoms with van der Waals surface area (Å²) in [6.45, 7) is 7.19. The summed E-state index contributed by atoms with van der Waals surface area (Å²) in [4.78, 5) is 8.70. The Kier molecular flexibility index (Phi) is 5.22. The van der Waals surface area contributed by atoms with Crippen LogP contribution in [0, 0.1) is 6.92 Å². The summed E-state index contributed by atoms with van der Waals surface area (Å²) in [6.07, 6.45) is 1.00. The van der Waals surface area contributed by atoms with Crippen LogP contribution in [0.4, 0.5) is 0 Å². The molecule has 8 heteroatoms. The van der Waals surface area contributed by atoms with Gasteiger partial charge in [0.1, 0.15) is 17.4 Å². The molecule has 150 valence electrons. The van der Waals surface area contributed by atoms with E-state index in [0.29, 0.717) is 11.6 Å². The second-order valence-electron chi connectivity index (χ2n) is 7.28. The second kappa shape index (κ2) is 7.99. The van der Waals surface area contributed by atoms with Gasteiger partial charge in [0, 0.05) is 40.7 Å². The lowest BCUT2D eigenvalue weighted by molar-refractivity contribution is 0.0385. The van der Waals surface area contributed by atoms with Gasteiger partial charge in [-0.25, -0.2) is 0 Å². The molecule has 1 fully saturated rings. The number of nitrogens with zero attached hydrogens (tertiary/aromatic N) is 5. The fourth-order valence-electron chi connectivity index (χ4n) is 3.87. The van der Waals surface area contributed by atoms with E-state index in [2.05, 4.69) is 25.7 Å². The van der Waals surface area contributed by atoms with Crippen molar-refractivity contribution >= 4 is 28.6 Å². The van der Waals surface area contributed by atoms with E-state index >= 15 is 0 Å². The number of hydrogen-bond donors (Lipinski definition) is 0. The maximum Gasteiger partial charge on any atom is 0.160 e. The zero-order valence-corrected chi connectivity index (χ0v) is 17.8. The molecule has 4 heterocycles. The molecule has 2 aliphatic heterocycles. The highest BCUT2D eigenvalue weighted by atomic mass is 35.5. The summed E-state index contributed by atoms with van der Waals surface area (Å²) in [5.41, 5.74) is 3.01. The van der Waals surface area contributed by atoms with E-state index in [0.717, 1.165) is 72.8 Å². The van der Waals surface area contributed by atoms with E-state index < -0.39 is 0 Å². The molecular weight excluding hydrogens is 406 g/mol. The van der Waals surface area contributed by atoms with Gasteiger partial charge in [0.15, 0.2) is 5.82 Å². The molecule has 29 heavy (non-hydrogen) atoms. The SMILES string of the molecule is Cc1nnc2n1-c1sc(CCN3CCOCC3)cc1C(c1ccccc1Cl)=NC2. The lowest BCUT2D eigenvalue weighted by atomic mass is 10.0. The Balaban J connectivity index is 1.54. The topological polar surface area (TPSA) is 55.5 Å². The number of aromatic nitrogens is 3. The van der Waals surface area contributed by atoms with Gasteiger partial charge < -0.3 is 4.74 Å². The summed E-state index contributed by atoms with van der Waals surface area (Å²) in [6, 6.07) is 10.2. The van der Waals surface area contributed by atoms with Crippen LogP contribution in [0.15, 0.2) is 35.3 Å². The fourth-order valence-corrected chi connectivity index (χ4v) is 5.31. The van der Waals surface area contributed by atoms with E-state index in [-0.39, 0.29) is 0 Å². The number of aryl methyl sites for hydroxylation is 1. The molecule has 5 rings (SSSR count). The molecule has 0 aliphatic carbocycles. The molecule has 0 unspecified atom stereocenters. The lowest BCUT2D eigenvalue weighted by Gasteiger charge is -2.26. The van der Waals surface area contributed by atoms with Crippen molar-refractivity contribution in [2.75, 3.05) is 32.8 Å². The second-order valence-corrected chi connectivity index (χ2v) is 8.80. The van der Waals surface area contributed by atoms with Crippen LogP contribution in [0.3, 0.4) is 0 Å². The summed E-state index contributed by atoms with van der Waals surface area (Å²) < 4.78 is 7.61. The van der Waals surface area contributed by atoms with E-state index in [1.54, 1.807) is 11.3 Å². The van der Waals surface area contributed by atoms with Crippen LogP contribution in [-0.4, -0.2) is 58.2 Å². The van der Waals surface area contributed by atoms with Gasteiger partial charge in [0.2, 0.25) is 0 Å². The predicted octanol–water partition coefficient (Wildman–Crippen LogP) is 3.52. The molecule has 0 radical (unpaired) electrons. The first-order valence-corrected chi connectivity index (χ1v) is 11.0. The zero-order chi connectivity index (χ0) is 19.8. The van der Waals surface area contributed by atoms with Crippen LogP contribution in [0.1, 0.15) is 27.7 Å². The first-order valence-electron chi connectivity index (χ1n) is 9.84. The van der Waals surface area contributed by atoms with Crippen molar-refractivity contribution < 1.29 is 4.74 Å². The summed E-state index contributed by atoms with van der Waals surface area (Å²) >= 11 is 8.34. The number of thiophene rings is 1. The summed E-state index contributed by atoms with van der Waals surface area (Å²) in [5.74, 6) is 1.76. The Morgan fingerprint density at radius 3 is 2.79 bits per heavy atom. The minimum absolute atomic E-state index is 0.492. The molecule has 2 aliphatic rings. The van der Waals surface area contributed by atoms with E-state index in [1.165, 1.54) is 4.88 Å². The van der Waals surface area contributed by atoms with Crippen LogP contribution in [0.25, 0.3) is 5.00 Å². The molecule has 3 aromatic rings. The molecule has 1 saturated heterocycles. The number of ether oxygens (including phenoxy) is 1. The van der Waals surface area contributed by atoms with Gasteiger partial charge >= 0.3 is 0 Å². The fraction of sp³-hybridized carbons (Fsp3) is 0.381. The highest BCUT2D eigenvalue weighted by Crippen LogP contribution is 2.34. The first-order chi connectivity index (χ1) is 14.2. The largest absolute Gasteiger partial charge is 0.379 e. The molecule has 0 atom stereocenters. The van der Waals surface area contributed by atoms with Crippen LogP contribution < -0.4 is 0 Å². The van der Waals surface area contributed by atoms with Crippen LogP contribution in [0.2, 0.25) is 5.02 Å². The molecule has 0 saturated carbocycles. The van der Waals surface area contributed by atoms with Crippen LogP contribution in [0.5, 0.6) is 0 Å². The van der Waals surface area contributed by atoms with Crippen molar-refractivity contribution in [1.82, 2.24) is 19.7 Å². The van der Waals surface area contributed by atoms with Gasteiger partial charge in [-0.05, 0) is 25.5 Å². The third kappa shape index (κ3) is 3.64. The van der Waals surface area contributed by atoms with Gasteiger partial charge in [-0.2, -0.15) is 0 Å². The number of rotatable bonds is 4. The van der Waals surface area contributed by atoms with Crippen molar-refractivity contribution in [3.8, 4) is 5.00 Å². The first kappa shape index (κ1) is 18.9. The highest BCUT2D eigenvalue weighted by Gasteiger charge is 2.25. The minimum atomic E-state index is 0.492. The van der Waals surface area contributed by atoms with Crippen molar-refractivity contribution in [3.63, 3.8) is 0 Å². The Hall–Kier alpha value is -2.06. The Morgan fingerprint density at radius 2 is 1.97 bits per heavy atom. The Labute approximate surface area is 178 Å². The molecule has 0 N–H and O–H groups in total. The number of morpholine rings is 1. The number of fused-ring (bicyclic) bond motifs is 3. The van der Waals surface area contributed by atoms with E-state index in [4.69, 9.17) is 21.3 Å². The standard InChI is InChI=1S/C21H22ClN5OS/c1-14-24-25-19-13-23-20(16-4-2-3-5-18(16)22)17-12-15(29-21(17)27(14)19)6-7-26-8-10-28-11-9-26/h2-5,12H,6-11,13H2,1H3. The van der Waals surface area contributed by atoms with E-state index in [1.807, 2.05) is 31.2 Å². The van der Waals surface area contributed by atoms with Crippen molar-refractivity contribution in [2.24, 2.45) is 4.99 Å². The molecule has 0 spiro atoms. The number of aliphatic imine (C=N–C) groups is 1. The molecule has 0 amide bonds. The Morgan fingerprint density at radius 1 is 1.14 bits per heavy atom. The maximum atomic E-state index is 6.53. The highest BCUT2D eigenvalue weighted by molar-refractivity contribution is 7.15. The van der Waals surface area contributed by atoms with E-state index in [9.17, 15) is 0 Å². The zero-order valence-electron chi connectivity index (χ0n) is 16.3. The molecular formula is C21H22ClN5OS.